The molecule has 122 valence electrons. The van der Waals surface area contributed by atoms with Gasteiger partial charge in [0.2, 0.25) is 5.91 Å². The predicted molar refractivity (Wildman–Crippen MR) is 96.6 cm³/mol. The van der Waals surface area contributed by atoms with E-state index in [0.29, 0.717) is 0 Å². The highest BCUT2D eigenvalue weighted by Crippen LogP contribution is 2.24. The summed E-state index contributed by atoms with van der Waals surface area (Å²) in [5.74, 6) is 0.0219. The van der Waals surface area contributed by atoms with Gasteiger partial charge in [0.15, 0.2) is 0 Å². The van der Waals surface area contributed by atoms with Crippen LogP contribution in [0.5, 0.6) is 0 Å². The highest BCUT2D eigenvalue weighted by molar-refractivity contribution is 5.96. The van der Waals surface area contributed by atoms with Crippen LogP contribution in [0.15, 0.2) is 48.5 Å². The number of anilines is 1. The standard InChI is InChI=1S/C20H26N2O/c1-5-22(6-2)19(17-10-8-7-9-11-17)20(23)21-18-14-15(3)12-13-16(18)4/h7-14,19H,5-6H2,1-4H3,(H,21,23). The highest BCUT2D eigenvalue weighted by Gasteiger charge is 2.26. The minimum absolute atomic E-state index is 0.0219. The van der Waals surface area contributed by atoms with Crippen LogP contribution in [0.2, 0.25) is 0 Å². The van der Waals surface area contributed by atoms with Gasteiger partial charge in [-0.3, -0.25) is 9.69 Å². The maximum absolute atomic E-state index is 13.0. The van der Waals surface area contributed by atoms with Crippen molar-refractivity contribution in [2.75, 3.05) is 18.4 Å². The molecule has 2 aromatic rings. The number of amides is 1. The fourth-order valence-electron chi connectivity index (χ4n) is 2.82. The van der Waals surface area contributed by atoms with Crippen LogP contribution in [0.3, 0.4) is 0 Å². The van der Waals surface area contributed by atoms with Crippen molar-refractivity contribution in [3.05, 3.63) is 65.2 Å². The average Bonchev–Trinajstić information content (AvgIpc) is 2.56. The second-order valence-electron chi connectivity index (χ2n) is 5.84. The molecule has 2 rings (SSSR count). The van der Waals surface area contributed by atoms with Gasteiger partial charge in [0, 0.05) is 5.69 Å². The molecule has 3 heteroatoms. The molecule has 23 heavy (non-hydrogen) atoms. The van der Waals surface area contributed by atoms with Gasteiger partial charge in [0.1, 0.15) is 6.04 Å². The van der Waals surface area contributed by atoms with Crippen molar-refractivity contribution in [1.82, 2.24) is 4.90 Å². The Labute approximate surface area is 139 Å². The van der Waals surface area contributed by atoms with Crippen LogP contribution in [0, 0.1) is 13.8 Å². The first-order valence-electron chi connectivity index (χ1n) is 8.24. The van der Waals surface area contributed by atoms with Crippen molar-refractivity contribution in [3.8, 4) is 0 Å². The molecule has 0 aliphatic rings. The summed E-state index contributed by atoms with van der Waals surface area (Å²) in [7, 11) is 0. The summed E-state index contributed by atoms with van der Waals surface area (Å²) >= 11 is 0. The number of benzene rings is 2. The smallest absolute Gasteiger partial charge is 0.246 e. The molecule has 0 spiro atoms. The molecule has 1 N–H and O–H groups in total. The van der Waals surface area contributed by atoms with Crippen molar-refractivity contribution in [2.24, 2.45) is 0 Å². The third kappa shape index (κ3) is 4.20. The molecule has 0 aromatic heterocycles. The van der Waals surface area contributed by atoms with Crippen LogP contribution in [-0.2, 0) is 4.79 Å². The quantitative estimate of drug-likeness (QED) is 0.861. The minimum Gasteiger partial charge on any atom is -0.324 e. The number of likely N-dealkylation sites (N-methyl/N-ethyl adjacent to an activating group) is 1. The fourth-order valence-corrected chi connectivity index (χ4v) is 2.82. The first-order valence-corrected chi connectivity index (χ1v) is 8.24. The van der Waals surface area contributed by atoms with E-state index in [1.807, 2.05) is 56.3 Å². The van der Waals surface area contributed by atoms with E-state index in [-0.39, 0.29) is 11.9 Å². The van der Waals surface area contributed by atoms with Gasteiger partial charge in [-0.15, -0.1) is 0 Å². The van der Waals surface area contributed by atoms with Crippen molar-refractivity contribution in [3.63, 3.8) is 0 Å². The molecule has 1 amide bonds. The van der Waals surface area contributed by atoms with Crippen LogP contribution >= 0.6 is 0 Å². The van der Waals surface area contributed by atoms with Crippen LogP contribution in [0.1, 0.15) is 36.6 Å². The van der Waals surface area contributed by atoms with Crippen molar-refractivity contribution >= 4 is 11.6 Å². The maximum atomic E-state index is 13.0. The van der Waals surface area contributed by atoms with Gasteiger partial charge in [-0.25, -0.2) is 0 Å². The summed E-state index contributed by atoms with van der Waals surface area (Å²) in [6.07, 6.45) is 0. The van der Waals surface area contributed by atoms with E-state index in [9.17, 15) is 4.79 Å². The normalized spacial score (nSPS) is 12.2. The summed E-state index contributed by atoms with van der Waals surface area (Å²) < 4.78 is 0. The Bertz CT molecular complexity index is 648. The molecule has 1 unspecified atom stereocenters. The number of hydrogen-bond donors (Lipinski definition) is 1. The van der Waals surface area contributed by atoms with Crippen molar-refractivity contribution < 1.29 is 4.79 Å². The molecule has 3 nitrogen and oxygen atoms in total. The van der Waals surface area contributed by atoms with E-state index in [0.717, 1.165) is 35.5 Å². The molecule has 0 saturated carbocycles. The second kappa shape index (κ2) is 7.93. The van der Waals surface area contributed by atoms with Gasteiger partial charge in [-0.1, -0.05) is 56.3 Å². The van der Waals surface area contributed by atoms with Crippen LogP contribution < -0.4 is 5.32 Å². The monoisotopic (exact) mass is 310 g/mol. The number of hydrogen-bond acceptors (Lipinski definition) is 2. The molecule has 2 aromatic carbocycles. The van der Waals surface area contributed by atoms with E-state index in [1.165, 1.54) is 0 Å². The third-order valence-corrected chi connectivity index (χ3v) is 4.19. The lowest BCUT2D eigenvalue weighted by Gasteiger charge is -2.29. The molecule has 0 aliphatic carbocycles. The fraction of sp³-hybridized carbons (Fsp3) is 0.350. The van der Waals surface area contributed by atoms with Gasteiger partial charge < -0.3 is 5.32 Å². The first-order chi connectivity index (χ1) is 11.1. The summed E-state index contributed by atoms with van der Waals surface area (Å²) in [4.78, 5) is 15.2. The SMILES string of the molecule is CCN(CC)C(C(=O)Nc1cc(C)ccc1C)c1ccccc1. The van der Waals surface area contributed by atoms with E-state index >= 15 is 0 Å². The average molecular weight is 310 g/mol. The lowest BCUT2D eigenvalue weighted by Crippen LogP contribution is -2.37. The third-order valence-electron chi connectivity index (χ3n) is 4.19. The van der Waals surface area contributed by atoms with Gasteiger partial charge in [0.25, 0.3) is 0 Å². The van der Waals surface area contributed by atoms with Gasteiger partial charge >= 0.3 is 0 Å². The van der Waals surface area contributed by atoms with E-state index < -0.39 is 0 Å². The minimum atomic E-state index is -0.272. The Morgan fingerprint density at radius 1 is 1.04 bits per heavy atom. The number of rotatable bonds is 6. The zero-order valence-corrected chi connectivity index (χ0v) is 14.5. The largest absolute Gasteiger partial charge is 0.324 e. The van der Waals surface area contributed by atoms with E-state index in [2.05, 4.69) is 30.1 Å². The Balaban J connectivity index is 2.31. The Morgan fingerprint density at radius 2 is 1.70 bits per heavy atom. The lowest BCUT2D eigenvalue weighted by molar-refractivity contribution is -0.121. The number of carbonyl (C=O) groups excluding carboxylic acids is 1. The Morgan fingerprint density at radius 3 is 2.30 bits per heavy atom. The summed E-state index contributed by atoms with van der Waals surface area (Å²) in [6, 6.07) is 15.8. The number of carbonyl (C=O) groups is 1. The molecular weight excluding hydrogens is 284 g/mol. The first kappa shape index (κ1) is 17.2. The lowest BCUT2D eigenvalue weighted by atomic mass is 10.0. The Hall–Kier alpha value is -2.13. The number of nitrogens with zero attached hydrogens (tertiary/aromatic N) is 1. The van der Waals surface area contributed by atoms with Crippen molar-refractivity contribution in [2.45, 2.75) is 33.7 Å². The number of aryl methyl sites for hydroxylation is 2. The topological polar surface area (TPSA) is 32.3 Å². The zero-order chi connectivity index (χ0) is 16.8. The number of nitrogens with one attached hydrogen (secondary N) is 1. The van der Waals surface area contributed by atoms with Gasteiger partial charge in [-0.2, -0.15) is 0 Å². The van der Waals surface area contributed by atoms with Gasteiger partial charge in [0.05, 0.1) is 0 Å². The zero-order valence-electron chi connectivity index (χ0n) is 14.5. The van der Waals surface area contributed by atoms with Gasteiger partial charge in [-0.05, 0) is 49.7 Å². The van der Waals surface area contributed by atoms with Crippen LogP contribution in [0.4, 0.5) is 5.69 Å². The molecular formula is C20H26N2O. The van der Waals surface area contributed by atoms with E-state index in [1.54, 1.807) is 0 Å². The van der Waals surface area contributed by atoms with Crippen molar-refractivity contribution in [1.29, 1.82) is 0 Å². The van der Waals surface area contributed by atoms with E-state index in [4.69, 9.17) is 0 Å². The molecule has 0 radical (unpaired) electrons. The molecule has 0 saturated heterocycles. The Kier molecular flexibility index (Phi) is 5.94. The molecule has 0 aliphatic heterocycles. The molecule has 1 atom stereocenters. The van der Waals surface area contributed by atoms with Crippen LogP contribution in [-0.4, -0.2) is 23.9 Å². The summed E-state index contributed by atoms with van der Waals surface area (Å²) in [5.41, 5.74) is 4.14. The molecule has 0 bridgehead atoms. The highest BCUT2D eigenvalue weighted by atomic mass is 16.2. The molecule has 0 fully saturated rings. The summed E-state index contributed by atoms with van der Waals surface area (Å²) in [5, 5.41) is 3.12. The maximum Gasteiger partial charge on any atom is 0.246 e. The van der Waals surface area contributed by atoms with Crippen LogP contribution in [0.25, 0.3) is 0 Å². The molecule has 0 heterocycles. The second-order valence-corrected chi connectivity index (χ2v) is 5.84. The predicted octanol–water partition coefficient (Wildman–Crippen LogP) is 4.33. The summed E-state index contributed by atoms with van der Waals surface area (Å²) in [6.45, 7) is 9.89.